The summed E-state index contributed by atoms with van der Waals surface area (Å²) < 4.78 is 43.6. The minimum absolute atomic E-state index is 0.143. The lowest BCUT2D eigenvalue weighted by Crippen LogP contribution is -2.67. The van der Waals surface area contributed by atoms with Crippen molar-refractivity contribution in [2.45, 2.75) is 59.9 Å². The second-order valence-corrected chi connectivity index (χ2v) is 13.6. The van der Waals surface area contributed by atoms with Crippen LogP contribution in [0.3, 0.4) is 0 Å². The number of hydrogen-bond acceptors (Lipinski definition) is 12. The van der Waals surface area contributed by atoms with E-state index in [0.29, 0.717) is 92.4 Å². The fraction of sp³-hybridized carbons (Fsp3) is 0.882. The third-order valence-corrected chi connectivity index (χ3v) is 7.67. The van der Waals surface area contributed by atoms with Crippen molar-refractivity contribution in [1.82, 2.24) is 21.3 Å². The van der Waals surface area contributed by atoms with Gasteiger partial charge in [-0.25, -0.2) is 9.59 Å². The normalized spacial score (nSPS) is 12.0. The van der Waals surface area contributed by atoms with Crippen LogP contribution in [-0.4, -0.2) is 165 Å². The number of nitrogens with one attached hydrogen (secondary N) is 4. The Morgan fingerprint density at radius 3 is 1.06 bits per heavy atom. The van der Waals surface area contributed by atoms with Crippen LogP contribution in [0.5, 0.6) is 0 Å². The van der Waals surface area contributed by atoms with Gasteiger partial charge in [-0.1, -0.05) is 41.5 Å². The molecule has 0 aromatic carbocycles. The molecule has 0 saturated heterocycles. The Morgan fingerprint density at radius 1 is 0.423 bits per heavy atom. The maximum absolute atomic E-state index is 12.0. The van der Waals surface area contributed by atoms with E-state index in [2.05, 4.69) is 21.3 Å². The number of hydrogen-bond donors (Lipinski definition) is 6. The molecule has 0 aliphatic rings. The van der Waals surface area contributed by atoms with Gasteiger partial charge in [-0.3, -0.25) is 9.59 Å². The molecule has 0 atom stereocenters. The lowest BCUT2D eigenvalue weighted by Gasteiger charge is -2.53. The van der Waals surface area contributed by atoms with Gasteiger partial charge in [0, 0.05) is 32.5 Å². The summed E-state index contributed by atoms with van der Waals surface area (Å²) in [6, 6.07) is 0. The average molecular weight is 755 g/mol. The first-order chi connectivity index (χ1) is 24.6. The Kier molecular flexibility index (Phi) is 28.0. The zero-order chi connectivity index (χ0) is 39.1. The number of ether oxygens (including phenoxy) is 8. The summed E-state index contributed by atoms with van der Waals surface area (Å²) in [7, 11) is 0. The van der Waals surface area contributed by atoms with Crippen LogP contribution in [0.4, 0.5) is 9.59 Å². The molecular formula is C34H66N4O14. The van der Waals surface area contributed by atoms with Crippen LogP contribution in [0.25, 0.3) is 0 Å². The molecule has 0 bridgehead atoms. The lowest BCUT2D eigenvalue weighted by molar-refractivity contribution is -0.123. The van der Waals surface area contributed by atoms with Crippen LogP contribution in [-0.2, 0) is 47.5 Å². The fourth-order valence-corrected chi connectivity index (χ4v) is 4.94. The zero-order valence-electron chi connectivity index (χ0n) is 32.1. The standard InChI is InChI=1S/C34H66N4O14/c1-32(2,3)34(33(4,5)6,38-31(43)44)27-52-26-25-48-15-10-36-29(40)8-13-46-18-22-51-24-23-50-21-17-45-12-7-28(39)35-9-14-47-19-20-49-16-11-37-30(41)42/h37-38H,7-27H2,1-6H3,(H,35,39)(H,36,40)(H,41,42)(H,43,44). The van der Waals surface area contributed by atoms with E-state index in [4.69, 9.17) is 43.0 Å². The van der Waals surface area contributed by atoms with Gasteiger partial charge in [0.2, 0.25) is 11.8 Å². The zero-order valence-corrected chi connectivity index (χ0v) is 32.1. The summed E-state index contributed by atoms with van der Waals surface area (Å²) in [6.07, 6.45) is -1.74. The Morgan fingerprint density at radius 2 is 0.731 bits per heavy atom. The van der Waals surface area contributed by atoms with Gasteiger partial charge in [0.25, 0.3) is 0 Å². The van der Waals surface area contributed by atoms with Gasteiger partial charge in [-0.05, 0) is 10.8 Å². The van der Waals surface area contributed by atoms with Gasteiger partial charge in [-0.2, -0.15) is 0 Å². The van der Waals surface area contributed by atoms with Gasteiger partial charge in [-0.15, -0.1) is 0 Å². The molecule has 0 aliphatic heterocycles. The Hall–Kier alpha value is -2.84. The second-order valence-electron chi connectivity index (χ2n) is 13.6. The molecule has 0 aromatic rings. The van der Waals surface area contributed by atoms with Crippen molar-refractivity contribution in [3.8, 4) is 0 Å². The van der Waals surface area contributed by atoms with E-state index in [-0.39, 0.29) is 57.6 Å². The van der Waals surface area contributed by atoms with Crippen LogP contribution in [0.15, 0.2) is 0 Å². The van der Waals surface area contributed by atoms with Gasteiger partial charge in [0.05, 0.1) is 111 Å². The van der Waals surface area contributed by atoms with Crippen molar-refractivity contribution < 1.29 is 67.3 Å². The minimum atomic E-state index is -1.09. The highest BCUT2D eigenvalue weighted by molar-refractivity contribution is 5.76. The quantitative estimate of drug-likeness (QED) is 0.0522. The molecule has 0 aromatic heterocycles. The van der Waals surface area contributed by atoms with E-state index in [1.807, 2.05) is 41.5 Å². The number of rotatable bonds is 33. The van der Waals surface area contributed by atoms with E-state index in [9.17, 15) is 24.3 Å². The molecule has 4 amide bonds. The summed E-state index contributed by atoms with van der Waals surface area (Å²) >= 11 is 0. The fourth-order valence-electron chi connectivity index (χ4n) is 4.94. The third-order valence-electron chi connectivity index (χ3n) is 7.67. The largest absolute Gasteiger partial charge is 0.465 e. The molecule has 0 radical (unpaired) electrons. The van der Waals surface area contributed by atoms with Crippen molar-refractivity contribution >= 4 is 24.0 Å². The summed E-state index contributed by atoms with van der Waals surface area (Å²) in [4.78, 5) is 45.6. The predicted octanol–water partition coefficient (Wildman–Crippen LogP) is 1.50. The molecule has 18 nitrogen and oxygen atoms in total. The van der Waals surface area contributed by atoms with Crippen molar-refractivity contribution in [2.75, 3.05) is 125 Å². The molecule has 6 N–H and O–H groups in total. The Labute approximate surface area is 308 Å². The predicted molar refractivity (Wildman–Crippen MR) is 191 cm³/mol. The molecule has 0 unspecified atom stereocenters. The summed E-state index contributed by atoms with van der Waals surface area (Å²) in [5.74, 6) is -0.290. The minimum Gasteiger partial charge on any atom is -0.465 e. The summed E-state index contributed by atoms with van der Waals surface area (Å²) in [5.41, 5.74) is -1.60. The molecular weight excluding hydrogens is 688 g/mol. The lowest BCUT2D eigenvalue weighted by atomic mass is 9.60. The highest BCUT2D eigenvalue weighted by Crippen LogP contribution is 2.44. The Bertz CT molecular complexity index is 945. The third kappa shape index (κ3) is 26.0. The summed E-state index contributed by atoms with van der Waals surface area (Å²) in [6.45, 7) is 18.1. The summed E-state index contributed by atoms with van der Waals surface area (Å²) in [5, 5.41) is 28.3. The molecule has 0 spiro atoms. The Balaban J connectivity index is 3.56. The average Bonchev–Trinajstić information content (AvgIpc) is 3.04. The molecule has 52 heavy (non-hydrogen) atoms. The first-order valence-electron chi connectivity index (χ1n) is 17.8. The number of carboxylic acid groups (broad SMARTS) is 2. The first kappa shape index (κ1) is 49.2. The molecule has 0 aliphatic carbocycles. The van der Waals surface area contributed by atoms with Crippen molar-refractivity contribution in [1.29, 1.82) is 0 Å². The van der Waals surface area contributed by atoms with Crippen LogP contribution in [0, 0.1) is 10.8 Å². The van der Waals surface area contributed by atoms with Gasteiger partial charge >= 0.3 is 12.2 Å². The number of carbonyl (C=O) groups excluding carboxylic acids is 2. The highest BCUT2D eigenvalue weighted by Gasteiger charge is 2.52. The van der Waals surface area contributed by atoms with Crippen LogP contribution >= 0.6 is 0 Å². The van der Waals surface area contributed by atoms with Crippen LogP contribution in [0.1, 0.15) is 54.4 Å². The van der Waals surface area contributed by atoms with E-state index in [1.54, 1.807) is 0 Å². The topological polar surface area (TPSA) is 231 Å². The van der Waals surface area contributed by atoms with E-state index < -0.39 is 28.6 Å². The van der Waals surface area contributed by atoms with Crippen molar-refractivity contribution in [2.24, 2.45) is 10.8 Å². The smallest absolute Gasteiger partial charge is 0.405 e. The van der Waals surface area contributed by atoms with Crippen molar-refractivity contribution in [3.63, 3.8) is 0 Å². The van der Waals surface area contributed by atoms with Gasteiger partial charge in [0.1, 0.15) is 0 Å². The first-order valence-corrected chi connectivity index (χ1v) is 17.8. The second kappa shape index (κ2) is 29.6. The van der Waals surface area contributed by atoms with E-state index in [1.165, 1.54) is 0 Å². The highest BCUT2D eigenvalue weighted by atomic mass is 16.6. The maximum atomic E-state index is 12.0. The van der Waals surface area contributed by atoms with Crippen molar-refractivity contribution in [3.05, 3.63) is 0 Å². The molecule has 0 fully saturated rings. The van der Waals surface area contributed by atoms with E-state index >= 15 is 0 Å². The van der Waals surface area contributed by atoms with Crippen LogP contribution < -0.4 is 21.3 Å². The number of amides is 4. The monoisotopic (exact) mass is 754 g/mol. The maximum Gasteiger partial charge on any atom is 0.405 e. The molecule has 306 valence electrons. The molecule has 0 saturated carbocycles. The molecule has 0 heterocycles. The SMILES string of the molecule is CC(C)(C)C(COCCOCCNC(=O)CCOCCOCCOCCOCCC(=O)NCCOCCOCCNC(=O)O)(NC(=O)O)C(C)(C)C. The van der Waals surface area contributed by atoms with Crippen LogP contribution in [0.2, 0.25) is 0 Å². The number of carbonyl (C=O) groups is 4. The molecule has 18 heteroatoms. The van der Waals surface area contributed by atoms with Gasteiger partial charge < -0.3 is 69.4 Å². The molecule has 0 rings (SSSR count). The van der Waals surface area contributed by atoms with E-state index in [0.717, 1.165) is 0 Å². The van der Waals surface area contributed by atoms with Gasteiger partial charge in [0.15, 0.2) is 0 Å².